The Morgan fingerprint density at radius 2 is 1.92 bits per heavy atom. The van der Waals surface area contributed by atoms with Crippen molar-refractivity contribution in [3.8, 4) is 0 Å². The zero-order valence-corrected chi connectivity index (χ0v) is 13.3. The summed E-state index contributed by atoms with van der Waals surface area (Å²) in [7, 11) is 0. The molecule has 7 heteroatoms. The summed E-state index contributed by atoms with van der Waals surface area (Å²) in [6.45, 7) is 2.72. The molecule has 24 heavy (non-hydrogen) atoms. The van der Waals surface area contributed by atoms with Crippen molar-refractivity contribution >= 4 is 11.6 Å². The summed E-state index contributed by atoms with van der Waals surface area (Å²) >= 11 is 0. The Labute approximate surface area is 139 Å². The Bertz CT molecular complexity index is 702. The Kier molecular flexibility index (Phi) is 5.22. The van der Waals surface area contributed by atoms with Crippen LogP contribution in [0.15, 0.2) is 52.0 Å². The molecule has 1 aromatic heterocycles. The third-order valence-electron chi connectivity index (χ3n) is 3.91. The lowest BCUT2D eigenvalue weighted by Crippen LogP contribution is -2.33. The second kappa shape index (κ2) is 7.74. The number of nitro groups is 1. The largest absolute Gasteiger partial charge is 0.433 e. The van der Waals surface area contributed by atoms with E-state index in [1.807, 2.05) is 30.3 Å². The first-order valence-corrected chi connectivity index (χ1v) is 7.88. The van der Waals surface area contributed by atoms with Gasteiger partial charge in [-0.3, -0.25) is 15.0 Å². The van der Waals surface area contributed by atoms with Gasteiger partial charge in [0, 0.05) is 25.9 Å². The van der Waals surface area contributed by atoms with E-state index < -0.39 is 4.92 Å². The zero-order chi connectivity index (χ0) is 16.8. The summed E-state index contributed by atoms with van der Waals surface area (Å²) in [6.07, 6.45) is 1.66. The van der Waals surface area contributed by atoms with Crippen LogP contribution in [0.3, 0.4) is 0 Å². The monoisotopic (exact) mass is 329 g/mol. The van der Waals surface area contributed by atoms with Crippen LogP contribution in [0, 0.1) is 10.1 Å². The lowest BCUT2D eigenvalue weighted by molar-refractivity contribution is -0.402. The highest BCUT2D eigenvalue weighted by Crippen LogP contribution is 2.19. The highest BCUT2D eigenvalue weighted by Gasteiger charge is 2.19. The molecule has 1 aliphatic heterocycles. The van der Waals surface area contributed by atoms with Crippen molar-refractivity contribution in [2.45, 2.75) is 26.0 Å². The molecule has 7 nitrogen and oxygen atoms in total. The van der Waals surface area contributed by atoms with Crippen LogP contribution in [0.4, 0.5) is 5.88 Å². The molecule has 0 amide bonds. The van der Waals surface area contributed by atoms with E-state index in [1.165, 1.54) is 6.07 Å². The second-order valence-electron chi connectivity index (χ2n) is 5.69. The number of oxime groups is 1. The van der Waals surface area contributed by atoms with Gasteiger partial charge in [0.1, 0.15) is 17.3 Å². The summed E-state index contributed by atoms with van der Waals surface area (Å²) in [6, 6.07) is 13.0. The van der Waals surface area contributed by atoms with Gasteiger partial charge in [-0.25, -0.2) is 0 Å². The molecule has 126 valence electrons. The lowest BCUT2D eigenvalue weighted by Gasteiger charge is -2.26. The number of likely N-dealkylation sites (tertiary alicyclic amines) is 1. The van der Waals surface area contributed by atoms with Gasteiger partial charge in [-0.05, 0) is 11.6 Å². The Morgan fingerprint density at radius 3 is 2.58 bits per heavy atom. The molecule has 0 spiro atoms. The number of piperidine rings is 1. The minimum atomic E-state index is -0.519. The van der Waals surface area contributed by atoms with Gasteiger partial charge in [0.25, 0.3) is 0 Å². The highest BCUT2D eigenvalue weighted by atomic mass is 16.6. The molecule has 1 fully saturated rings. The Morgan fingerprint density at radius 1 is 1.17 bits per heavy atom. The van der Waals surface area contributed by atoms with E-state index in [0.29, 0.717) is 18.9 Å². The maximum Gasteiger partial charge on any atom is 0.433 e. The Hall–Kier alpha value is -2.67. The van der Waals surface area contributed by atoms with Crippen molar-refractivity contribution in [1.29, 1.82) is 0 Å². The van der Waals surface area contributed by atoms with Crippen molar-refractivity contribution in [3.05, 3.63) is 63.9 Å². The molecule has 1 aromatic carbocycles. The predicted octanol–water partition coefficient (Wildman–Crippen LogP) is 3.36. The zero-order valence-electron chi connectivity index (χ0n) is 13.3. The van der Waals surface area contributed by atoms with Crippen LogP contribution in [0.1, 0.15) is 24.2 Å². The Balaban J connectivity index is 1.43. The average molecular weight is 329 g/mol. The van der Waals surface area contributed by atoms with Gasteiger partial charge in [-0.2, -0.15) is 0 Å². The minimum absolute atomic E-state index is 0.210. The maximum absolute atomic E-state index is 10.6. The molecular weight excluding hydrogens is 310 g/mol. The van der Waals surface area contributed by atoms with Gasteiger partial charge in [-0.1, -0.05) is 35.5 Å². The number of rotatable bonds is 6. The average Bonchev–Trinajstić information content (AvgIpc) is 3.06. The van der Waals surface area contributed by atoms with E-state index in [2.05, 4.69) is 10.1 Å². The maximum atomic E-state index is 10.6. The van der Waals surface area contributed by atoms with E-state index >= 15 is 0 Å². The van der Waals surface area contributed by atoms with E-state index in [1.54, 1.807) is 6.07 Å². The molecule has 1 saturated heterocycles. The molecule has 3 rings (SSSR count). The molecule has 0 aliphatic carbocycles. The lowest BCUT2D eigenvalue weighted by atomic mass is 10.1. The van der Waals surface area contributed by atoms with Crippen molar-refractivity contribution < 1.29 is 14.2 Å². The fourth-order valence-electron chi connectivity index (χ4n) is 2.60. The quantitative estimate of drug-likeness (QED) is 0.599. The minimum Gasteiger partial charge on any atom is -0.404 e. The normalized spacial score (nSPS) is 15.2. The SMILES string of the molecule is O=[N+]([O-])c1ccc(CN2CCC(=NOCc3ccccc3)CC2)o1. The van der Waals surface area contributed by atoms with Crippen LogP contribution < -0.4 is 0 Å². The van der Waals surface area contributed by atoms with E-state index in [-0.39, 0.29) is 5.88 Å². The topological polar surface area (TPSA) is 81.1 Å². The molecule has 0 unspecified atom stereocenters. The summed E-state index contributed by atoms with van der Waals surface area (Å²) in [4.78, 5) is 17.7. The molecule has 0 radical (unpaired) electrons. The van der Waals surface area contributed by atoms with Crippen LogP contribution in [-0.2, 0) is 18.0 Å². The van der Waals surface area contributed by atoms with E-state index in [9.17, 15) is 10.1 Å². The summed E-state index contributed by atoms with van der Waals surface area (Å²) in [5.74, 6) is 0.404. The van der Waals surface area contributed by atoms with E-state index in [0.717, 1.165) is 37.2 Å². The van der Waals surface area contributed by atoms with Gasteiger partial charge < -0.3 is 9.25 Å². The number of hydrogen-bond acceptors (Lipinski definition) is 6. The van der Waals surface area contributed by atoms with Gasteiger partial charge in [-0.15, -0.1) is 0 Å². The smallest absolute Gasteiger partial charge is 0.404 e. The van der Waals surface area contributed by atoms with Gasteiger partial charge in [0.15, 0.2) is 0 Å². The first kappa shape index (κ1) is 16.2. The molecular formula is C17H19N3O4. The second-order valence-corrected chi connectivity index (χ2v) is 5.69. The van der Waals surface area contributed by atoms with Crippen molar-refractivity contribution in [3.63, 3.8) is 0 Å². The van der Waals surface area contributed by atoms with Gasteiger partial charge in [0.2, 0.25) is 0 Å². The summed E-state index contributed by atoms with van der Waals surface area (Å²) in [5.41, 5.74) is 2.14. The standard InChI is InChI=1S/C17H19N3O4/c21-20(22)17-7-6-16(24-17)12-19-10-8-15(9-11-19)18-23-13-14-4-2-1-3-5-14/h1-7H,8-13H2. The molecule has 0 N–H and O–H groups in total. The highest BCUT2D eigenvalue weighted by molar-refractivity contribution is 5.84. The predicted molar refractivity (Wildman–Crippen MR) is 88.5 cm³/mol. The molecule has 1 aliphatic rings. The summed E-state index contributed by atoms with van der Waals surface area (Å²) in [5, 5.41) is 14.8. The van der Waals surface area contributed by atoms with Gasteiger partial charge >= 0.3 is 5.88 Å². The van der Waals surface area contributed by atoms with Crippen molar-refractivity contribution in [2.24, 2.45) is 5.16 Å². The number of nitrogens with zero attached hydrogens (tertiary/aromatic N) is 3. The summed E-state index contributed by atoms with van der Waals surface area (Å²) < 4.78 is 5.19. The molecule has 0 saturated carbocycles. The van der Waals surface area contributed by atoms with Crippen LogP contribution >= 0.6 is 0 Å². The molecule has 2 heterocycles. The fourth-order valence-corrected chi connectivity index (χ4v) is 2.60. The number of benzene rings is 1. The first-order valence-electron chi connectivity index (χ1n) is 7.88. The van der Waals surface area contributed by atoms with Crippen LogP contribution in [0.2, 0.25) is 0 Å². The first-order chi connectivity index (χ1) is 11.7. The third kappa shape index (κ3) is 4.42. The number of furan rings is 1. The van der Waals surface area contributed by atoms with Gasteiger partial charge in [0.05, 0.1) is 18.3 Å². The third-order valence-corrected chi connectivity index (χ3v) is 3.91. The van der Waals surface area contributed by atoms with Crippen molar-refractivity contribution in [2.75, 3.05) is 13.1 Å². The molecule has 2 aromatic rings. The molecule has 0 bridgehead atoms. The number of hydrogen-bond donors (Lipinski definition) is 0. The fraction of sp³-hybridized carbons (Fsp3) is 0.353. The van der Waals surface area contributed by atoms with E-state index in [4.69, 9.17) is 9.25 Å². The molecule has 0 atom stereocenters. The van der Waals surface area contributed by atoms with Crippen LogP contribution in [0.5, 0.6) is 0 Å². The van der Waals surface area contributed by atoms with Crippen molar-refractivity contribution in [1.82, 2.24) is 4.90 Å². The van der Waals surface area contributed by atoms with Crippen LogP contribution in [-0.4, -0.2) is 28.6 Å². The van der Waals surface area contributed by atoms with Crippen LogP contribution in [0.25, 0.3) is 0 Å².